The van der Waals surface area contributed by atoms with Crippen molar-refractivity contribution >= 4 is 21.6 Å². The summed E-state index contributed by atoms with van der Waals surface area (Å²) in [6.07, 6.45) is 0. The zero-order valence-electron chi connectivity index (χ0n) is 12.9. The molecule has 0 atom stereocenters. The van der Waals surface area contributed by atoms with Gasteiger partial charge in [-0.3, -0.25) is 0 Å². The molecule has 0 saturated heterocycles. The van der Waals surface area contributed by atoms with Crippen molar-refractivity contribution in [3.8, 4) is 11.5 Å². The Hall–Kier alpha value is -1.76. The fourth-order valence-electron chi connectivity index (χ4n) is 1.89. The average Bonchev–Trinajstić information content (AvgIpc) is 2.55. The van der Waals surface area contributed by atoms with Gasteiger partial charge in [-0.2, -0.15) is 0 Å². The number of methoxy groups -OCH3 is 1. The summed E-state index contributed by atoms with van der Waals surface area (Å²) in [5, 5.41) is 0.664. The van der Waals surface area contributed by atoms with Crippen LogP contribution < -0.4 is 14.2 Å². The second-order valence-electron chi connectivity index (χ2n) is 4.83. The molecule has 0 fully saturated rings. The SMILES string of the molecule is COc1ccc(S(=O)(=O)NCCOc2ccc(Cl)c(C)c2)cc1. The number of nitrogens with one attached hydrogen (secondary N) is 1. The molecule has 124 valence electrons. The van der Waals surface area contributed by atoms with E-state index in [-0.39, 0.29) is 18.0 Å². The maximum absolute atomic E-state index is 12.1. The Kier molecular flexibility index (Phi) is 5.87. The van der Waals surface area contributed by atoms with Crippen molar-refractivity contribution < 1.29 is 17.9 Å². The Bertz CT molecular complexity index is 760. The quantitative estimate of drug-likeness (QED) is 0.775. The highest BCUT2D eigenvalue weighted by Crippen LogP contribution is 2.21. The molecular formula is C16H18ClNO4S. The Morgan fingerprint density at radius 2 is 1.74 bits per heavy atom. The van der Waals surface area contributed by atoms with Crippen molar-refractivity contribution in [2.24, 2.45) is 0 Å². The second kappa shape index (κ2) is 7.68. The lowest BCUT2D eigenvalue weighted by Crippen LogP contribution is -2.28. The minimum atomic E-state index is -3.56. The molecule has 5 nitrogen and oxygen atoms in total. The van der Waals surface area contributed by atoms with Gasteiger partial charge < -0.3 is 9.47 Å². The van der Waals surface area contributed by atoms with E-state index in [1.807, 2.05) is 6.92 Å². The summed E-state index contributed by atoms with van der Waals surface area (Å²) in [6.45, 7) is 2.26. The Morgan fingerprint density at radius 3 is 2.35 bits per heavy atom. The smallest absolute Gasteiger partial charge is 0.240 e. The average molecular weight is 356 g/mol. The van der Waals surface area contributed by atoms with Crippen LogP contribution in [0.15, 0.2) is 47.4 Å². The standard InChI is InChI=1S/C16H18ClNO4S/c1-12-11-14(5-8-16(12)17)22-10-9-18-23(19,20)15-6-3-13(21-2)4-7-15/h3-8,11,18H,9-10H2,1-2H3. The first-order valence-electron chi connectivity index (χ1n) is 6.95. The van der Waals surface area contributed by atoms with E-state index in [2.05, 4.69) is 4.72 Å². The van der Waals surface area contributed by atoms with Gasteiger partial charge in [-0.05, 0) is 55.0 Å². The monoisotopic (exact) mass is 355 g/mol. The predicted molar refractivity (Wildman–Crippen MR) is 89.9 cm³/mol. The van der Waals surface area contributed by atoms with Gasteiger partial charge in [0, 0.05) is 11.6 Å². The molecule has 0 radical (unpaired) electrons. The fraction of sp³-hybridized carbons (Fsp3) is 0.250. The van der Waals surface area contributed by atoms with Crippen LogP contribution in [0.1, 0.15) is 5.56 Å². The van der Waals surface area contributed by atoms with Gasteiger partial charge in [-0.25, -0.2) is 13.1 Å². The normalized spacial score (nSPS) is 11.3. The van der Waals surface area contributed by atoms with Crippen LogP contribution in [0.5, 0.6) is 11.5 Å². The summed E-state index contributed by atoms with van der Waals surface area (Å²) < 4.78 is 37.2. The van der Waals surface area contributed by atoms with Gasteiger partial charge in [0.15, 0.2) is 0 Å². The third-order valence-electron chi connectivity index (χ3n) is 3.16. The Balaban J connectivity index is 1.87. The van der Waals surface area contributed by atoms with E-state index in [0.717, 1.165) is 5.56 Å². The highest BCUT2D eigenvalue weighted by molar-refractivity contribution is 7.89. The van der Waals surface area contributed by atoms with Crippen molar-refractivity contribution in [1.29, 1.82) is 0 Å². The highest BCUT2D eigenvalue weighted by Gasteiger charge is 2.13. The molecule has 0 aromatic heterocycles. The lowest BCUT2D eigenvalue weighted by Gasteiger charge is -2.10. The maximum atomic E-state index is 12.1. The molecular weight excluding hydrogens is 338 g/mol. The first-order valence-corrected chi connectivity index (χ1v) is 8.81. The number of hydrogen-bond donors (Lipinski definition) is 1. The van der Waals surface area contributed by atoms with Crippen molar-refractivity contribution in [1.82, 2.24) is 4.72 Å². The second-order valence-corrected chi connectivity index (χ2v) is 7.01. The molecule has 0 spiro atoms. The van der Waals surface area contributed by atoms with E-state index >= 15 is 0 Å². The molecule has 0 aliphatic carbocycles. The van der Waals surface area contributed by atoms with Crippen LogP contribution in [-0.4, -0.2) is 28.7 Å². The van der Waals surface area contributed by atoms with Gasteiger partial charge in [-0.15, -0.1) is 0 Å². The zero-order chi connectivity index (χ0) is 16.9. The van der Waals surface area contributed by atoms with Crippen LogP contribution in [0, 0.1) is 6.92 Å². The summed E-state index contributed by atoms with van der Waals surface area (Å²) in [6, 6.07) is 11.5. The first kappa shape index (κ1) is 17.6. The molecule has 0 aliphatic heterocycles. The van der Waals surface area contributed by atoms with Gasteiger partial charge in [0.05, 0.1) is 12.0 Å². The molecule has 0 unspecified atom stereocenters. The summed E-state index contributed by atoms with van der Waals surface area (Å²) in [5.41, 5.74) is 0.906. The molecule has 2 aromatic carbocycles. The van der Waals surface area contributed by atoms with Crippen molar-refractivity contribution in [3.63, 3.8) is 0 Å². The Morgan fingerprint density at radius 1 is 1.09 bits per heavy atom. The molecule has 23 heavy (non-hydrogen) atoms. The number of benzene rings is 2. The van der Waals surface area contributed by atoms with Crippen LogP contribution in [0.25, 0.3) is 0 Å². The van der Waals surface area contributed by atoms with Crippen LogP contribution in [0.4, 0.5) is 0 Å². The molecule has 0 aliphatic rings. The van der Waals surface area contributed by atoms with Crippen LogP contribution in [-0.2, 0) is 10.0 Å². The number of aryl methyl sites for hydroxylation is 1. The van der Waals surface area contributed by atoms with Gasteiger partial charge in [0.25, 0.3) is 0 Å². The Labute approximate surface area is 141 Å². The van der Waals surface area contributed by atoms with E-state index in [1.54, 1.807) is 30.3 Å². The first-order chi connectivity index (χ1) is 10.9. The molecule has 0 amide bonds. The predicted octanol–water partition coefficient (Wildman–Crippen LogP) is 3.01. The van der Waals surface area contributed by atoms with Gasteiger partial charge in [-0.1, -0.05) is 11.6 Å². The lowest BCUT2D eigenvalue weighted by molar-refractivity contribution is 0.322. The molecule has 0 bridgehead atoms. The fourth-order valence-corrected chi connectivity index (χ4v) is 3.02. The van der Waals surface area contributed by atoms with Crippen molar-refractivity contribution in [2.75, 3.05) is 20.3 Å². The number of halogens is 1. The van der Waals surface area contributed by atoms with Gasteiger partial charge in [0.1, 0.15) is 18.1 Å². The topological polar surface area (TPSA) is 64.6 Å². The lowest BCUT2D eigenvalue weighted by atomic mass is 10.2. The number of rotatable bonds is 7. The van der Waals surface area contributed by atoms with Crippen LogP contribution in [0.3, 0.4) is 0 Å². The number of sulfonamides is 1. The molecule has 0 heterocycles. The van der Waals surface area contributed by atoms with E-state index in [1.165, 1.54) is 19.2 Å². The summed E-state index contributed by atoms with van der Waals surface area (Å²) in [4.78, 5) is 0.181. The molecule has 2 aromatic rings. The van der Waals surface area contributed by atoms with E-state index in [9.17, 15) is 8.42 Å². The number of hydrogen-bond acceptors (Lipinski definition) is 4. The summed E-state index contributed by atoms with van der Waals surface area (Å²) >= 11 is 5.94. The maximum Gasteiger partial charge on any atom is 0.240 e. The zero-order valence-corrected chi connectivity index (χ0v) is 14.4. The molecule has 0 saturated carbocycles. The van der Waals surface area contributed by atoms with Crippen molar-refractivity contribution in [2.45, 2.75) is 11.8 Å². The van der Waals surface area contributed by atoms with Crippen LogP contribution in [0.2, 0.25) is 5.02 Å². The number of ether oxygens (including phenoxy) is 2. The third kappa shape index (κ3) is 4.86. The van der Waals surface area contributed by atoms with Crippen LogP contribution >= 0.6 is 11.6 Å². The molecule has 7 heteroatoms. The minimum absolute atomic E-state index is 0.163. The molecule has 2 rings (SSSR count). The largest absolute Gasteiger partial charge is 0.497 e. The minimum Gasteiger partial charge on any atom is -0.497 e. The summed E-state index contributed by atoms with van der Waals surface area (Å²) in [5.74, 6) is 1.25. The highest BCUT2D eigenvalue weighted by atomic mass is 35.5. The third-order valence-corrected chi connectivity index (χ3v) is 5.06. The van der Waals surface area contributed by atoms with Gasteiger partial charge >= 0.3 is 0 Å². The van der Waals surface area contributed by atoms with E-state index in [0.29, 0.717) is 16.5 Å². The van der Waals surface area contributed by atoms with Gasteiger partial charge in [0.2, 0.25) is 10.0 Å². The van der Waals surface area contributed by atoms with E-state index in [4.69, 9.17) is 21.1 Å². The van der Waals surface area contributed by atoms with E-state index < -0.39 is 10.0 Å². The molecule has 1 N–H and O–H groups in total. The summed E-state index contributed by atoms with van der Waals surface area (Å²) in [7, 11) is -2.04. The van der Waals surface area contributed by atoms with Crippen molar-refractivity contribution in [3.05, 3.63) is 53.1 Å².